The molecule has 1 saturated carbocycles. The third kappa shape index (κ3) is 3.60. The summed E-state index contributed by atoms with van der Waals surface area (Å²) in [6.45, 7) is 3.26. The first-order valence-corrected chi connectivity index (χ1v) is 8.78. The summed E-state index contributed by atoms with van der Waals surface area (Å²) >= 11 is 0. The van der Waals surface area contributed by atoms with E-state index >= 15 is 0 Å². The van der Waals surface area contributed by atoms with E-state index in [0.29, 0.717) is 6.54 Å². The highest BCUT2D eigenvalue weighted by Gasteiger charge is 2.37. The Hall–Kier alpha value is -1.91. The maximum Gasteiger partial charge on any atom is 0.227 e. The van der Waals surface area contributed by atoms with Crippen LogP contribution < -0.4 is 0 Å². The van der Waals surface area contributed by atoms with Gasteiger partial charge >= 0.3 is 0 Å². The van der Waals surface area contributed by atoms with Crippen molar-refractivity contribution in [3.8, 4) is 0 Å². The topological polar surface area (TPSA) is 40.6 Å². The molecule has 130 valence electrons. The Morgan fingerprint density at radius 1 is 1.17 bits per heavy atom. The van der Waals surface area contributed by atoms with Crippen molar-refractivity contribution in [2.75, 3.05) is 20.1 Å². The molecule has 2 amide bonds. The van der Waals surface area contributed by atoms with Crippen molar-refractivity contribution in [2.24, 2.45) is 11.8 Å². The number of halogens is 1. The fourth-order valence-electron chi connectivity index (χ4n) is 3.41. The standard InChI is InChI=1S/C19H25FN2O2/c1-13(14-7-9-17(20)10-8-14)21(2)18(23)16-4-3-11-22(12-16)19(24)15-5-6-15/h7-10,13,15-16H,3-6,11-12H2,1-2H3/t13-,16-/m0/s1. The van der Waals surface area contributed by atoms with Gasteiger partial charge in [-0.25, -0.2) is 4.39 Å². The summed E-state index contributed by atoms with van der Waals surface area (Å²) in [5, 5.41) is 0. The van der Waals surface area contributed by atoms with Crippen molar-refractivity contribution >= 4 is 11.8 Å². The second-order valence-corrected chi connectivity index (χ2v) is 7.07. The average Bonchev–Trinajstić information content (AvgIpc) is 3.45. The SMILES string of the molecule is C[C@@H](c1ccc(F)cc1)N(C)C(=O)[C@H]1CCCN(C(=O)C2CC2)C1. The Kier molecular flexibility index (Phi) is 4.88. The Labute approximate surface area is 142 Å². The highest BCUT2D eigenvalue weighted by atomic mass is 19.1. The minimum Gasteiger partial charge on any atom is -0.342 e. The van der Waals surface area contributed by atoms with Crippen LogP contribution in [0.15, 0.2) is 24.3 Å². The number of benzene rings is 1. The Morgan fingerprint density at radius 3 is 2.46 bits per heavy atom. The number of likely N-dealkylation sites (tertiary alicyclic amines) is 1. The lowest BCUT2D eigenvalue weighted by Gasteiger charge is -2.36. The van der Waals surface area contributed by atoms with E-state index in [2.05, 4.69) is 0 Å². The second kappa shape index (κ2) is 6.91. The van der Waals surface area contributed by atoms with Gasteiger partial charge in [0, 0.05) is 26.1 Å². The molecule has 3 rings (SSSR count). The van der Waals surface area contributed by atoms with Gasteiger partial charge in [-0.1, -0.05) is 12.1 Å². The summed E-state index contributed by atoms with van der Waals surface area (Å²) in [7, 11) is 1.79. The predicted molar refractivity (Wildman–Crippen MR) is 89.6 cm³/mol. The maximum absolute atomic E-state index is 13.1. The van der Waals surface area contributed by atoms with Crippen molar-refractivity contribution in [1.82, 2.24) is 9.80 Å². The van der Waals surface area contributed by atoms with Gasteiger partial charge in [0.1, 0.15) is 5.82 Å². The largest absolute Gasteiger partial charge is 0.342 e. The lowest BCUT2D eigenvalue weighted by Crippen LogP contribution is -2.46. The van der Waals surface area contributed by atoms with Gasteiger partial charge in [-0.2, -0.15) is 0 Å². The maximum atomic E-state index is 13.1. The molecular weight excluding hydrogens is 307 g/mol. The van der Waals surface area contributed by atoms with Gasteiger partial charge in [0.25, 0.3) is 0 Å². The summed E-state index contributed by atoms with van der Waals surface area (Å²) in [4.78, 5) is 28.7. The third-order valence-corrected chi connectivity index (χ3v) is 5.29. The normalized spacial score (nSPS) is 22.1. The van der Waals surface area contributed by atoms with Crippen LogP contribution in [0.5, 0.6) is 0 Å². The fourth-order valence-corrected chi connectivity index (χ4v) is 3.41. The smallest absolute Gasteiger partial charge is 0.227 e. The van der Waals surface area contributed by atoms with Gasteiger partial charge in [-0.05, 0) is 50.3 Å². The summed E-state index contributed by atoms with van der Waals surface area (Å²) in [6, 6.07) is 6.15. The third-order valence-electron chi connectivity index (χ3n) is 5.29. The van der Waals surface area contributed by atoms with Gasteiger partial charge in [-0.3, -0.25) is 9.59 Å². The first-order valence-electron chi connectivity index (χ1n) is 8.78. The van der Waals surface area contributed by atoms with Crippen molar-refractivity contribution in [2.45, 2.75) is 38.6 Å². The molecule has 1 aromatic rings. The molecule has 1 aliphatic carbocycles. The van der Waals surface area contributed by atoms with E-state index in [9.17, 15) is 14.0 Å². The summed E-state index contributed by atoms with van der Waals surface area (Å²) in [5.74, 6) is 0.0902. The molecule has 24 heavy (non-hydrogen) atoms. The predicted octanol–water partition coefficient (Wildman–Crippen LogP) is 2.99. The molecule has 1 heterocycles. The summed E-state index contributed by atoms with van der Waals surface area (Å²) in [6.07, 6.45) is 3.70. The second-order valence-electron chi connectivity index (χ2n) is 7.07. The Morgan fingerprint density at radius 2 is 1.83 bits per heavy atom. The monoisotopic (exact) mass is 332 g/mol. The zero-order chi connectivity index (χ0) is 17.3. The molecule has 0 spiro atoms. The van der Waals surface area contributed by atoms with Crippen LogP contribution in [0.2, 0.25) is 0 Å². The molecule has 2 aliphatic rings. The lowest BCUT2D eigenvalue weighted by molar-refractivity contribution is -0.141. The first kappa shape index (κ1) is 16.9. The van der Waals surface area contributed by atoms with Gasteiger partial charge < -0.3 is 9.80 Å². The number of rotatable bonds is 4. The number of nitrogens with zero attached hydrogens (tertiary/aromatic N) is 2. The van der Waals surface area contributed by atoms with Crippen LogP contribution >= 0.6 is 0 Å². The minimum absolute atomic E-state index is 0.0696. The number of amides is 2. The van der Waals surface area contributed by atoms with E-state index in [0.717, 1.165) is 37.8 Å². The number of hydrogen-bond donors (Lipinski definition) is 0. The van der Waals surface area contributed by atoms with Crippen LogP contribution in [-0.4, -0.2) is 41.8 Å². The van der Waals surface area contributed by atoms with Gasteiger partial charge in [0.15, 0.2) is 0 Å². The van der Waals surface area contributed by atoms with Crippen LogP contribution in [0.4, 0.5) is 4.39 Å². The quantitative estimate of drug-likeness (QED) is 0.850. The van der Waals surface area contributed by atoms with Crippen LogP contribution in [-0.2, 0) is 9.59 Å². The van der Waals surface area contributed by atoms with Gasteiger partial charge in [0.05, 0.1) is 12.0 Å². The summed E-state index contributed by atoms with van der Waals surface area (Å²) in [5.41, 5.74) is 0.911. The van der Waals surface area contributed by atoms with Gasteiger partial charge in [0.2, 0.25) is 11.8 Å². The minimum atomic E-state index is -0.276. The molecule has 1 aromatic carbocycles. The van der Waals surface area contributed by atoms with E-state index in [-0.39, 0.29) is 35.5 Å². The molecule has 5 heteroatoms. The molecule has 2 fully saturated rings. The van der Waals surface area contributed by atoms with Crippen LogP contribution in [0.3, 0.4) is 0 Å². The number of carbonyl (C=O) groups excluding carboxylic acids is 2. The summed E-state index contributed by atoms with van der Waals surface area (Å²) < 4.78 is 13.1. The van der Waals surface area contributed by atoms with Crippen molar-refractivity contribution < 1.29 is 14.0 Å². The van der Waals surface area contributed by atoms with Crippen molar-refractivity contribution in [1.29, 1.82) is 0 Å². The number of carbonyl (C=O) groups is 2. The lowest BCUT2D eigenvalue weighted by atomic mass is 9.95. The molecule has 1 saturated heterocycles. The Bertz CT molecular complexity index is 612. The molecule has 2 atom stereocenters. The molecule has 0 N–H and O–H groups in total. The van der Waals surface area contributed by atoms with Gasteiger partial charge in [-0.15, -0.1) is 0 Å². The van der Waals surface area contributed by atoms with Crippen LogP contribution in [0.25, 0.3) is 0 Å². The highest BCUT2D eigenvalue weighted by Crippen LogP contribution is 2.33. The highest BCUT2D eigenvalue weighted by molar-refractivity contribution is 5.83. The Balaban J connectivity index is 1.63. The van der Waals surface area contributed by atoms with E-state index in [1.165, 1.54) is 12.1 Å². The van der Waals surface area contributed by atoms with Crippen LogP contribution in [0.1, 0.15) is 44.2 Å². The van der Waals surface area contributed by atoms with Crippen LogP contribution in [0, 0.1) is 17.7 Å². The zero-order valence-electron chi connectivity index (χ0n) is 14.4. The zero-order valence-corrected chi connectivity index (χ0v) is 14.4. The van der Waals surface area contributed by atoms with E-state index in [4.69, 9.17) is 0 Å². The molecule has 0 bridgehead atoms. The first-order chi connectivity index (χ1) is 11.5. The fraction of sp³-hybridized carbons (Fsp3) is 0.579. The van der Waals surface area contributed by atoms with Crippen molar-refractivity contribution in [3.63, 3.8) is 0 Å². The molecule has 1 aliphatic heterocycles. The number of hydrogen-bond acceptors (Lipinski definition) is 2. The molecular formula is C19H25FN2O2. The van der Waals surface area contributed by atoms with E-state index in [1.807, 2.05) is 11.8 Å². The van der Waals surface area contributed by atoms with E-state index in [1.54, 1.807) is 24.1 Å². The average molecular weight is 332 g/mol. The molecule has 4 nitrogen and oxygen atoms in total. The molecule has 0 unspecified atom stereocenters. The molecule has 0 aromatic heterocycles. The molecule has 0 radical (unpaired) electrons. The van der Waals surface area contributed by atoms with E-state index < -0.39 is 0 Å². The number of piperidine rings is 1. The van der Waals surface area contributed by atoms with Crippen molar-refractivity contribution in [3.05, 3.63) is 35.6 Å².